The molecular weight excluding hydrogens is 242 g/mol. The van der Waals surface area contributed by atoms with Gasteiger partial charge in [-0.2, -0.15) is 0 Å². The molecule has 3 atom stereocenters. The molecule has 1 heterocycles. The van der Waals surface area contributed by atoms with Crippen LogP contribution in [-0.2, 0) is 24.0 Å². The van der Waals surface area contributed by atoms with Crippen LogP contribution in [0.2, 0.25) is 0 Å². The molecule has 1 aliphatic carbocycles. The Labute approximate surface area is 105 Å². The number of esters is 1. The van der Waals surface area contributed by atoms with Crippen LogP contribution in [0.4, 0.5) is 0 Å². The van der Waals surface area contributed by atoms with Gasteiger partial charge < -0.3 is 9.84 Å². The monoisotopic (exact) mass is 259 g/mol. The number of carboxylic acids is 1. The lowest BCUT2D eigenvalue weighted by Crippen LogP contribution is -2.24. The smallest absolute Gasteiger partial charge is 0.307 e. The first-order valence-corrected chi connectivity index (χ1v) is 5.79. The van der Waals surface area contributed by atoms with E-state index >= 15 is 0 Å². The molecule has 1 N–H and O–H groups in total. The molecule has 0 aromatic heterocycles. The number of aliphatic carboxylic acids is 1. The summed E-state index contributed by atoms with van der Waals surface area (Å²) in [7, 11) is 0. The highest BCUT2D eigenvalue weighted by Gasteiger charge is 2.63. The fraction of sp³-hybridized carbons (Fsp3) is 0.818. The van der Waals surface area contributed by atoms with Gasteiger partial charge in [-0.3, -0.25) is 14.4 Å². The Balaban J connectivity index is 1.82. The zero-order valence-corrected chi connectivity index (χ0v) is 10.6. The molecule has 0 aromatic rings. The van der Waals surface area contributed by atoms with Crippen molar-refractivity contribution in [3.63, 3.8) is 0 Å². The van der Waals surface area contributed by atoms with Crippen molar-refractivity contribution in [1.82, 2.24) is 5.23 Å². The van der Waals surface area contributed by atoms with Gasteiger partial charge in [-0.15, -0.1) is 0 Å². The lowest BCUT2D eigenvalue weighted by molar-refractivity contribution is -0.328. The summed E-state index contributed by atoms with van der Waals surface area (Å²) in [6.07, 6.45) is -0.743. The van der Waals surface area contributed by atoms with Crippen LogP contribution >= 0.6 is 0 Å². The summed E-state index contributed by atoms with van der Waals surface area (Å²) in [5.41, 5.74) is -0.266. The van der Waals surface area contributed by atoms with E-state index < -0.39 is 24.1 Å². The van der Waals surface area contributed by atoms with E-state index in [1.54, 1.807) is 0 Å². The Hall–Kier alpha value is -1.18. The minimum absolute atomic E-state index is 0.0360. The molecule has 0 spiro atoms. The third-order valence-corrected chi connectivity index (χ3v) is 3.55. The largest absolute Gasteiger partial charge is 0.481 e. The molecule has 0 amide bonds. The van der Waals surface area contributed by atoms with E-state index in [1.807, 2.05) is 13.8 Å². The molecule has 1 saturated carbocycles. The van der Waals surface area contributed by atoms with Crippen LogP contribution in [0.15, 0.2) is 0 Å². The second kappa shape index (κ2) is 4.49. The van der Waals surface area contributed by atoms with Crippen molar-refractivity contribution in [1.29, 1.82) is 0 Å². The molecule has 7 nitrogen and oxygen atoms in total. The minimum atomic E-state index is -0.805. The number of hydrogen-bond acceptors (Lipinski definition) is 6. The van der Waals surface area contributed by atoms with Crippen LogP contribution in [0.1, 0.15) is 20.8 Å². The van der Waals surface area contributed by atoms with Crippen molar-refractivity contribution in [2.24, 2.45) is 17.3 Å². The highest BCUT2D eigenvalue weighted by atomic mass is 17.0. The van der Waals surface area contributed by atoms with Crippen molar-refractivity contribution in [2.75, 3.05) is 13.2 Å². The summed E-state index contributed by atoms with van der Waals surface area (Å²) in [6, 6.07) is 0. The van der Waals surface area contributed by atoms with E-state index in [0.717, 1.165) is 0 Å². The fourth-order valence-electron chi connectivity index (χ4n) is 2.41. The van der Waals surface area contributed by atoms with Gasteiger partial charge in [0.1, 0.15) is 6.61 Å². The zero-order valence-electron chi connectivity index (χ0n) is 10.6. The summed E-state index contributed by atoms with van der Waals surface area (Å²) in [5, 5.41) is 10.2. The highest BCUT2D eigenvalue weighted by Crippen LogP contribution is 2.58. The van der Waals surface area contributed by atoms with Crippen molar-refractivity contribution in [3.05, 3.63) is 0 Å². The topological polar surface area (TPSA) is 85.3 Å². The average Bonchev–Trinajstić information content (AvgIpc) is 2.55. The Morgan fingerprint density at radius 1 is 1.50 bits per heavy atom. The second-order valence-corrected chi connectivity index (χ2v) is 5.20. The first-order chi connectivity index (χ1) is 8.32. The molecular formula is C11H17NO6. The Morgan fingerprint density at radius 2 is 2.17 bits per heavy atom. The number of carbonyl (C=O) groups excluding carboxylic acids is 1. The summed E-state index contributed by atoms with van der Waals surface area (Å²) in [6.45, 7) is 5.56. The van der Waals surface area contributed by atoms with Crippen LogP contribution in [0, 0.1) is 17.3 Å². The minimum Gasteiger partial charge on any atom is -0.481 e. The predicted octanol–water partition coefficient (Wildman–Crippen LogP) is 0.411. The molecule has 0 radical (unpaired) electrons. The summed E-state index contributed by atoms with van der Waals surface area (Å²) in [5.74, 6) is -1.68. The van der Waals surface area contributed by atoms with Gasteiger partial charge in [0.25, 0.3) is 0 Å². The SMILES string of the molecule is CC(=O)OC1CON(CC2C(C(=O)O)C2(C)C)O1. The van der Waals surface area contributed by atoms with E-state index in [1.165, 1.54) is 12.2 Å². The first-order valence-electron chi connectivity index (χ1n) is 5.79. The average molecular weight is 259 g/mol. The summed E-state index contributed by atoms with van der Waals surface area (Å²) in [4.78, 5) is 32.1. The van der Waals surface area contributed by atoms with Crippen molar-refractivity contribution in [2.45, 2.75) is 27.1 Å². The van der Waals surface area contributed by atoms with Gasteiger partial charge in [0.15, 0.2) is 0 Å². The number of hydrogen-bond donors (Lipinski definition) is 1. The van der Waals surface area contributed by atoms with Crippen LogP contribution in [0.3, 0.4) is 0 Å². The maximum atomic E-state index is 11.0. The lowest BCUT2D eigenvalue weighted by atomic mass is 10.1. The number of nitrogens with zero attached hydrogens (tertiary/aromatic N) is 1. The third-order valence-electron chi connectivity index (χ3n) is 3.55. The Morgan fingerprint density at radius 3 is 2.67 bits per heavy atom. The van der Waals surface area contributed by atoms with Gasteiger partial charge in [-0.25, -0.2) is 4.84 Å². The van der Waals surface area contributed by atoms with Gasteiger partial charge in [0, 0.05) is 6.92 Å². The van der Waals surface area contributed by atoms with Gasteiger partial charge in [-0.05, 0) is 11.3 Å². The van der Waals surface area contributed by atoms with Gasteiger partial charge in [-0.1, -0.05) is 19.1 Å². The third kappa shape index (κ3) is 2.47. The van der Waals surface area contributed by atoms with Crippen LogP contribution in [0.25, 0.3) is 0 Å². The summed E-state index contributed by atoms with van der Waals surface area (Å²) >= 11 is 0. The second-order valence-electron chi connectivity index (χ2n) is 5.20. The predicted molar refractivity (Wildman–Crippen MR) is 57.7 cm³/mol. The fourth-order valence-corrected chi connectivity index (χ4v) is 2.41. The number of ether oxygens (including phenoxy) is 1. The van der Waals surface area contributed by atoms with Crippen molar-refractivity contribution in [3.8, 4) is 0 Å². The van der Waals surface area contributed by atoms with Crippen molar-refractivity contribution >= 4 is 11.9 Å². The van der Waals surface area contributed by atoms with E-state index in [-0.39, 0.29) is 17.9 Å². The van der Waals surface area contributed by atoms with Crippen molar-refractivity contribution < 1.29 is 29.1 Å². The maximum Gasteiger partial charge on any atom is 0.307 e. The van der Waals surface area contributed by atoms with E-state index in [2.05, 4.69) is 0 Å². The number of carboxylic acid groups (broad SMARTS) is 1. The normalized spacial score (nSPS) is 34.3. The standard InChI is InChI=1S/C11H17NO6/c1-6(13)17-8-5-16-12(18-8)4-7-9(10(14)15)11(7,2)3/h7-9H,4-5H2,1-3H3,(H,14,15). The number of rotatable bonds is 4. The molecule has 18 heavy (non-hydrogen) atoms. The van der Waals surface area contributed by atoms with Gasteiger partial charge in [0.05, 0.1) is 12.5 Å². The molecule has 0 aromatic carbocycles. The number of hydroxylamine groups is 2. The molecule has 102 valence electrons. The molecule has 2 aliphatic rings. The molecule has 2 fully saturated rings. The first kappa shape index (κ1) is 13.3. The molecule has 1 aliphatic heterocycles. The van der Waals surface area contributed by atoms with E-state index in [4.69, 9.17) is 19.5 Å². The molecule has 2 rings (SSSR count). The molecule has 3 unspecified atom stereocenters. The highest BCUT2D eigenvalue weighted by molar-refractivity contribution is 5.75. The Kier molecular flexibility index (Phi) is 3.31. The van der Waals surface area contributed by atoms with E-state index in [0.29, 0.717) is 6.54 Å². The lowest BCUT2D eigenvalue weighted by Gasteiger charge is -2.13. The molecule has 0 bridgehead atoms. The molecule has 7 heteroatoms. The molecule has 1 saturated heterocycles. The summed E-state index contributed by atoms with van der Waals surface area (Å²) < 4.78 is 4.83. The van der Waals surface area contributed by atoms with Gasteiger partial charge in [0.2, 0.25) is 6.29 Å². The van der Waals surface area contributed by atoms with Crippen LogP contribution < -0.4 is 0 Å². The zero-order chi connectivity index (χ0) is 13.5. The van der Waals surface area contributed by atoms with E-state index in [9.17, 15) is 9.59 Å². The van der Waals surface area contributed by atoms with Gasteiger partial charge >= 0.3 is 11.9 Å². The maximum absolute atomic E-state index is 11.0. The van der Waals surface area contributed by atoms with Crippen LogP contribution in [0.5, 0.6) is 0 Å². The Bertz CT molecular complexity index is 369. The quantitative estimate of drug-likeness (QED) is 0.732. The van der Waals surface area contributed by atoms with Crippen LogP contribution in [-0.4, -0.2) is 41.7 Å². The number of carbonyl (C=O) groups is 2.